The van der Waals surface area contributed by atoms with Gasteiger partial charge in [0.1, 0.15) is 0 Å². The first-order valence-corrected chi connectivity index (χ1v) is 9.46. The van der Waals surface area contributed by atoms with Gasteiger partial charge in [0.25, 0.3) is 0 Å². The van der Waals surface area contributed by atoms with Crippen LogP contribution in [0.1, 0.15) is 50.8 Å². The molecule has 1 heterocycles. The Balaban J connectivity index is 1.59. The maximum atomic E-state index is 12.4. The SMILES string of the molecule is CC(C)c1ccc([C@H](NCC(=O)Nc2ccc3c(c2)OCO3)C(C)C)cc1. The van der Waals surface area contributed by atoms with E-state index in [1.807, 2.05) is 6.07 Å². The minimum atomic E-state index is -0.0849. The normalized spacial score (nSPS) is 13.9. The van der Waals surface area contributed by atoms with E-state index in [0.717, 1.165) is 0 Å². The van der Waals surface area contributed by atoms with E-state index >= 15 is 0 Å². The molecule has 0 aromatic heterocycles. The van der Waals surface area contributed by atoms with Gasteiger partial charge in [-0.25, -0.2) is 0 Å². The second-order valence-electron chi connectivity index (χ2n) is 7.54. The number of benzene rings is 2. The van der Waals surface area contributed by atoms with Gasteiger partial charge < -0.3 is 20.1 Å². The number of hydrogen-bond donors (Lipinski definition) is 2. The first-order chi connectivity index (χ1) is 12.9. The molecule has 0 spiro atoms. The lowest BCUT2D eigenvalue weighted by Gasteiger charge is -2.23. The van der Waals surface area contributed by atoms with Crippen molar-refractivity contribution in [2.75, 3.05) is 18.7 Å². The summed E-state index contributed by atoms with van der Waals surface area (Å²) in [6.07, 6.45) is 0. The molecule has 2 aromatic carbocycles. The van der Waals surface area contributed by atoms with Gasteiger partial charge in [-0.05, 0) is 35.1 Å². The van der Waals surface area contributed by atoms with Gasteiger partial charge in [-0.15, -0.1) is 0 Å². The Labute approximate surface area is 161 Å². The molecule has 3 rings (SSSR count). The van der Waals surface area contributed by atoms with E-state index in [1.54, 1.807) is 12.1 Å². The molecule has 1 atom stereocenters. The van der Waals surface area contributed by atoms with Crippen LogP contribution in [0.5, 0.6) is 11.5 Å². The second kappa shape index (κ2) is 8.44. The Hall–Kier alpha value is -2.53. The summed E-state index contributed by atoms with van der Waals surface area (Å²) >= 11 is 0. The zero-order chi connectivity index (χ0) is 19.4. The number of amides is 1. The summed E-state index contributed by atoms with van der Waals surface area (Å²) in [5.74, 6) is 2.16. The molecule has 1 aliphatic heterocycles. The molecule has 144 valence electrons. The largest absolute Gasteiger partial charge is 0.454 e. The van der Waals surface area contributed by atoms with Crippen LogP contribution in [-0.4, -0.2) is 19.2 Å². The van der Waals surface area contributed by atoms with Crippen LogP contribution in [0.3, 0.4) is 0 Å². The minimum absolute atomic E-state index is 0.0849. The van der Waals surface area contributed by atoms with E-state index < -0.39 is 0 Å². The van der Waals surface area contributed by atoms with E-state index in [4.69, 9.17) is 9.47 Å². The van der Waals surface area contributed by atoms with Crippen LogP contribution in [0.2, 0.25) is 0 Å². The van der Waals surface area contributed by atoms with E-state index in [-0.39, 0.29) is 25.3 Å². The Morgan fingerprint density at radius 2 is 1.63 bits per heavy atom. The summed E-state index contributed by atoms with van der Waals surface area (Å²) in [5.41, 5.74) is 3.22. The summed E-state index contributed by atoms with van der Waals surface area (Å²) in [6, 6.07) is 14.2. The predicted molar refractivity (Wildman–Crippen MR) is 107 cm³/mol. The smallest absolute Gasteiger partial charge is 0.238 e. The standard InChI is InChI=1S/C22H28N2O3/c1-14(2)16-5-7-17(8-6-16)22(15(3)4)23-12-21(25)24-18-9-10-19-20(11-18)27-13-26-19/h5-11,14-15,22-23H,12-13H2,1-4H3,(H,24,25)/t22-/m1/s1. The molecule has 5 heteroatoms. The molecule has 1 aliphatic rings. The number of nitrogens with one attached hydrogen (secondary N) is 2. The number of rotatable bonds is 7. The third-order valence-electron chi connectivity index (χ3n) is 4.77. The highest BCUT2D eigenvalue weighted by molar-refractivity contribution is 5.92. The summed E-state index contributed by atoms with van der Waals surface area (Å²) < 4.78 is 10.6. The average molecular weight is 368 g/mol. The van der Waals surface area contributed by atoms with E-state index in [0.29, 0.717) is 29.0 Å². The number of hydrogen-bond acceptors (Lipinski definition) is 4. The van der Waals surface area contributed by atoms with Crippen LogP contribution in [0.25, 0.3) is 0 Å². The monoisotopic (exact) mass is 368 g/mol. The molecule has 0 bridgehead atoms. The molecule has 5 nitrogen and oxygen atoms in total. The average Bonchev–Trinajstić information content (AvgIpc) is 3.09. The first-order valence-electron chi connectivity index (χ1n) is 9.46. The van der Waals surface area contributed by atoms with Crippen molar-refractivity contribution in [3.8, 4) is 11.5 Å². The van der Waals surface area contributed by atoms with Crippen LogP contribution in [0, 0.1) is 5.92 Å². The highest BCUT2D eigenvalue weighted by Gasteiger charge is 2.18. The molecular formula is C22H28N2O3. The quantitative estimate of drug-likeness (QED) is 0.757. The Kier molecular flexibility index (Phi) is 6.01. The van der Waals surface area contributed by atoms with Crippen LogP contribution in [-0.2, 0) is 4.79 Å². The maximum Gasteiger partial charge on any atom is 0.238 e. The van der Waals surface area contributed by atoms with Gasteiger partial charge in [0, 0.05) is 17.8 Å². The molecule has 0 radical (unpaired) electrons. The fourth-order valence-electron chi connectivity index (χ4n) is 3.21. The molecule has 0 fully saturated rings. The van der Waals surface area contributed by atoms with E-state index in [2.05, 4.69) is 62.6 Å². The van der Waals surface area contributed by atoms with Crippen molar-refractivity contribution in [1.82, 2.24) is 5.32 Å². The van der Waals surface area contributed by atoms with Crippen molar-refractivity contribution in [2.45, 2.75) is 39.7 Å². The molecule has 2 aromatic rings. The molecule has 1 amide bonds. The fraction of sp³-hybridized carbons (Fsp3) is 0.409. The summed E-state index contributed by atoms with van der Waals surface area (Å²) in [7, 11) is 0. The summed E-state index contributed by atoms with van der Waals surface area (Å²) in [4.78, 5) is 12.4. The van der Waals surface area contributed by atoms with Gasteiger partial charge in [-0.1, -0.05) is 52.0 Å². The van der Waals surface area contributed by atoms with Crippen molar-refractivity contribution >= 4 is 11.6 Å². The molecule has 0 aliphatic carbocycles. The van der Waals surface area contributed by atoms with Gasteiger partial charge in [-0.2, -0.15) is 0 Å². The first kappa shape index (κ1) is 19.2. The third kappa shape index (κ3) is 4.80. The Morgan fingerprint density at radius 1 is 0.963 bits per heavy atom. The molecule has 0 saturated heterocycles. The molecule has 0 saturated carbocycles. The van der Waals surface area contributed by atoms with Crippen LogP contribution in [0.4, 0.5) is 5.69 Å². The summed E-state index contributed by atoms with van der Waals surface area (Å²) in [6.45, 7) is 9.15. The number of fused-ring (bicyclic) bond motifs is 1. The predicted octanol–water partition coefficient (Wildman–Crippen LogP) is 4.46. The molecule has 27 heavy (non-hydrogen) atoms. The minimum Gasteiger partial charge on any atom is -0.454 e. The van der Waals surface area contributed by atoms with E-state index in [9.17, 15) is 4.79 Å². The van der Waals surface area contributed by atoms with Crippen LogP contribution in [0.15, 0.2) is 42.5 Å². The van der Waals surface area contributed by atoms with Gasteiger partial charge in [-0.3, -0.25) is 4.79 Å². The fourth-order valence-corrected chi connectivity index (χ4v) is 3.21. The van der Waals surface area contributed by atoms with Crippen molar-refractivity contribution in [3.63, 3.8) is 0 Å². The maximum absolute atomic E-state index is 12.4. The van der Waals surface area contributed by atoms with Gasteiger partial charge >= 0.3 is 0 Å². The Bertz CT molecular complexity index is 785. The lowest BCUT2D eigenvalue weighted by molar-refractivity contribution is -0.115. The van der Waals surface area contributed by atoms with Gasteiger partial charge in [0.05, 0.1) is 6.54 Å². The molecule has 0 unspecified atom stereocenters. The second-order valence-corrected chi connectivity index (χ2v) is 7.54. The zero-order valence-electron chi connectivity index (χ0n) is 16.4. The number of carbonyl (C=O) groups excluding carboxylic acids is 1. The number of carbonyl (C=O) groups is 1. The molecule has 2 N–H and O–H groups in total. The van der Waals surface area contributed by atoms with Crippen molar-refractivity contribution in [2.24, 2.45) is 5.92 Å². The van der Waals surface area contributed by atoms with E-state index in [1.165, 1.54) is 11.1 Å². The van der Waals surface area contributed by atoms with Crippen LogP contribution >= 0.6 is 0 Å². The highest BCUT2D eigenvalue weighted by atomic mass is 16.7. The number of anilines is 1. The van der Waals surface area contributed by atoms with Crippen LogP contribution < -0.4 is 20.1 Å². The zero-order valence-corrected chi connectivity index (χ0v) is 16.4. The highest BCUT2D eigenvalue weighted by Crippen LogP contribution is 2.34. The van der Waals surface area contributed by atoms with Crippen molar-refractivity contribution in [3.05, 3.63) is 53.6 Å². The topological polar surface area (TPSA) is 59.6 Å². The Morgan fingerprint density at radius 3 is 2.30 bits per heavy atom. The summed E-state index contributed by atoms with van der Waals surface area (Å²) in [5, 5.41) is 6.29. The lowest BCUT2D eigenvalue weighted by Crippen LogP contribution is -2.33. The third-order valence-corrected chi connectivity index (χ3v) is 4.77. The molecular weight excluding hydrogens is 340 g/mol. The number of ether oxygens (including phenoxy) is 2. The van der Waals surface area contributed by atoms with Gasteiger partial charge in [0.15, 0.2) is 11.5 Å². The van der Waals surface area contributed by atoms with Crippen molar-refractivity contribution in [1.29, 1.82) is 0 Å². The van der Waals surface area contributed by atoms with Gasteiger partial charge in [0.2, 0.25) is 12.7 Å². The van der Waals surface area contributed by atoms with Crippen molar-refractivity contribution < 1.29 is 14.3 Å². The lowest BCUT2D eigenvalue weighted by atomic mass is 9.93.